The second-order valence-corrected chi connectivity index (χ2v) is 5.81. The van der Waals surface area contributed by atoms with E-state index in [1.165, 1.54) is 0 Å². The highest BCUT2D eigenvalue weighted by atomic mass is 16.5. The summed E-state index contributed by atoms with van der Waals surface area (Å²) in [6.45, 7) is 6.92. The number of pyridine rings is 1. The summed E-state index contributed by atoms with van der Waals surface area (Å²) in [7, 11) is 0. The van der Waals surface area contributed by atoms with Crippen LogP contribution in [0.2, 0.25) is 0 Å². The minimum Gasteiger partial charge on any atom is -0.379 e. The zero-order valence-electron chi connectivity index (χ0n) is 12.6. The number of rotatable bonds is 3. The van der Waals surface area contributed by atoms with Gasteiger partial charge in [0.05, 0.1) is 30.6 Å². The second kappa shape index (κ2) is 6.54. The molecule has 0 saturated carbocycles. The van der Waals surface area contributed by atoms with Crippen molar-refractivity contribution in [3.63, 3.8) is 0 Å². The minimum atomic E-state index is 0.151. The molecule has 0 spiro atoms. The highest BCUT2D eigenvalue weighted by molar-refractivity contribution is 5.74. The first-order chi connectivity index (χ1) is 10.2. The molecule has 0 aliphatic carbocycles. The lowest BCUT2D eigenvalue weighted by Crippen LogP contribution is -2.36. The van der Waals surface area contributed by atoms with Crippen LogP contribution < -0.4 is 0 Å². The van der Waals surface area contributed by atoms with E-state index in [1.807, 2.05) is 4.90 Å². The van der Waals surface area contributed by atoms with Crippen molar-refractivity contribution in [3.05, 3.63) is 29.6 Å². The quantitative estimate of drug-likeness (QED) is 0.848. The number of amides is 1. The average Bonchev–Trinajstić information content (AvgIpc) is 2.98. The Kier molecular flexibility index (Phi) is 4.51. The number of hydrogen-bond donors (Lipinski definition) is 0. The average molecular weight is 289 g/mol. The van der Waals surface area contributed by atoms with Crippen LogP contribution >= 0.6 is 0 Å². The molecule has 1 atom stereocenters. The Balaban J connectivity index is 1.71. The fourth-order valence-electron chi connectivity index (χ4n) is 3.21. The maximum atomic E-state index is 11.7. The Labute approximate surface area is 125 Å². The highest BCUT2D eigenvalue weighted by Gasteiger charge is 2.28. The lowest BCUT2D eigenvalue weighted by molar-refractivity contribution is -0.129. The molecule has 1 unspecified atom stereocenters. The smallest absolute Gasteiger partial charge is 0.220 e. The van der Waals surface area contributed by atoms with E-state index in [2.05, 4.69) is 23.1 Å². The summed E-state index contributed by atoms with van der Waals surface area (Å²) < 4.78 is 5.38. The molecule has 5 nitrogen and oxygen atoms in total. The number of carbonyl (C=O) groups is 1. The molecule has 3 rings (SSSR count). The highest BCUT2D eigenvalue weighted by Crippen LogP contribution is 2.30. The summed E-state index contributed by atoms with van der Waals surface area (Å²) in [5, 5.41) is 0. The van der Waals surface area contributed by atoms with Crippen molar-refractivity contribution in [1.29, 1.82) is 0 Å². The van der Waals surface area contributed by atoms with Gasteiger partial charge in [-0.2, -0.15) is 0 Å². The third kappa shape index (κ3) is 3.41. The number of ether oxygens (including phenoxy) is 1. The maximum absolute atomic E-state index is 11.7. The number of aromatic nitrogens is 1. The molecule has 2 aliphatic heterocycles. The monoisotopic (exact) mass is 289 g/mol. The van der Waals surface area contributed by atoms with Crippen molar-refractivity contribution >= 4 is 5.91 Å². The van der Waals surface area contributed by atoms with Crippen molar-refractivity contribution in [2.45, 2.75) is 32.4 Å². The van der Waals surface area contributed by atoms with E-state index < -0.39 is 0 Å². The summed E-state index contributed by atoms with van der Waals surface area (Å²) in [4.78, 5) is 20.8. The summed E-state index contributed by atoms with van der Waals surface area (Å²) in [6, 6.07) is 6.35. The van der Waals surface area contributed by atoms with Crippen LogP contribution in [-0.2, 0) is 16.1 Å². The summed E-state index contributed by atoms with van der Waals surface area (Å²) in [6.07, 6.45) is 2.09. The van der Waals surface area contributed by atoms with Crippen molar-refractivity contribution in [1.82, 2.24) is 14.8 Å². The van der Waals surface area contributed by atoms with E-state index in [-0.39, 0.29) is 11.9 Å². The van der Waals surface area contributed by atoms with E-state index in [1.54, 1.807) is 6.92 Å². The van der Waals surface area contributed by atoms with Gasteiger partial charge in [-0.15, -0.1) is 0 Å². The summed E-state index contributed by atoms with van der Waals surface area (Å²) >= 11 is 0. The first kappa shape index (κ1) is 14.5. The first-order valence-corrected chi connectivity index (χ1v) is 7.77. The lowest BCUT2D eigenvalue weighted by atomic mass is 10.1. The Hall–Kier alpha value is -1.46. The molecule has 2 saturated heterocycles. The summed E-state index contributed by atoms with van der Waals surface area (Å²) in [5.74, 6) is 0.151. The van der Waals surface area contributed by atoms with Crippen LogP contribution in [0.15, 0.2) is 18.2 Å². The van der Waals surface area contributed by atoms with Crippen LogP contribution in [0.25, 0.3) is 0 Å². The number of morpholine rings is 1. The molecule has 21 heavy (non-hydrogen) atoms. The number of hydrogen-bond acceptors (Lipinski definition) is 4. The largest absolute Gasteiger partial charge is 0.379 e. The van der Waals surface area contributed by atoms with Gasteiger partial charge >= 0.3 is 0 Å². The molecular formula is C16H23N3O2. The van der Waals surface area contributed by atoms with Crippen LogP contribution in [0.3, 0.4) is 0 Å². The zero-order chi connectivity index (χ0) is 14.7. The SMILES string of the molecule is CC(=O)N1CCCC1c1cccc(CN2CCOCC2)n1. The van der Waals surface area contributed by atoms with Gasteiger partial charge in [-0.05, 0) is 25.0 Å². The van der Waals surface area contributed by atoms with E-state index in [9.17, 15) is 4.79 Å². The van der Waals surface area contributed by atoms with Gasteiger partial charge in [-0.1, -0.05) is 6.07 Å². The topological polar surface area (TPSA) is 45.7 Å². The van der Waals surface area contributed by atoms with Crippen molar-refractivity contribution in [2.75, 3.05) is 32.8 Å². The molecule has 3 heterocycles. The van der Waals surface area contributed by atoms with Crippen LogP contribution in [0.4, 0.5) is 0 Å². The fraction of sp³-hybridized carbons (Fsp3) is 0.625. The number of likely N-dealkylation sites (tertiary alicyclic amines) is 1. The van der Waals surface area contributed by atoms with Gasteiger partial charge in [0, 0.05) is 33.1 Å². The van der Waals surface area contributed by atoms with Crippen molar-refractivity contribution < 1.29 is 9.53 Å². The molecule has 0 N–H and O–H groups in total. The summed E-state index contributed by atoms with van der Waals surface area (Å²) in [5.41, 5.74) is 2.12. The molecule has 0 radical (unpaired) electrons. The predicted octanol–water partition coefficient (Wildman–Crippen LogP) is 1.60. The van der Waals surface area contributed by atoms with Crippen LogP contribution in [0.1, 0.15) is 37.2 Å². The van der Waals surface area contributed by atoms with Gasteiger partial charge in [0.25, 0.3) is 0 Å². The van der Waals surface area contributed by atoms with Gasteiger partial charge in [0.15, 0.2) is 0 Å². The Morgan fingerprint density at radius 1 is 1.33 bits per heavy atom. The molecule has 1 aromatic heterocycles. The maximum Gasteiger partial charge on any atom is 0.220 e. The molecule has 0 bridgehead atoms. The van der Waals surface area contributed by atoms with Gasteiger partial charge < -0.3 is 9.64 Å². The molecule has 1 aromatic rings. The zero-order valence-corrected chi connectivity index (χ0v) is 12.6. The van der Waals surface area contributed by atoms with Crippen LogP contribution in [-0.4, -0.2) is 53.5 Å². The van der Waals surface area contributed by atoms with E-state index in [0.717, 1.165) is 63.6 Å². The van der Waals surface area contributed by atoms with E-state index >= 15 is 0 Å². The Bertz CT molecular complexity index is 500. The van der Waals surface area contributed by atoms with Gasteiger partial charge in [0.1, 0.15) is 0 Å². The predicted molar refractivity (Wildman–Crippen MR) is 79.7 cm³/mol. The van der Waals surface area contributed by atoms with E-state index in [4.69, 9.17) is 9.72 Å². The molecule has 0 aromatic carbocycles. The van der Waals surface area contributed by atoms with Gasteiger partial charge in [-0.25, -0.2) is 0 Å². The molecule has 2 aliphatic rings. The molecular weight excluding hydrogens is 266 g/mol. The molecule has 5 heteroatoms. The Morgan fingerprint density at radius 2 is 2.14 bits per heavy atom. The fourth-order valence-corrected chi connectivity index (χ4v) is 3.21. The second-order valence-electron chi connectivity index (χ2n) is 5.81. The third-order valence-corrected chi connectivity index (χ3v) is 4.32. The number of nitrogens with zero attached hydrogens (tertiary/aromatic N) is 3. The van der Waals surface area contributed by atoms with Crippen molar-refractivity contribution in [2.24, 2.45) is 0 Å². The van der Waals surface area contributed by atoms with Crippen LogP contribution in [0, 0.1) is 0 Å². The Morgan fingerprint density at radius 3 is 2.90 bits per heavy atom. The van der Waals surface area contributed by atoms with Crippen LogP contribution in [0.5, 0.6) is 0 Å². The molecule has 2 fully saturated rings. The first-order valence-electron chi connectivity index (χ1n) is 7.77. The van der Waals surface area contributed by atoms with E-state index in [0.29, 0.717) is 0 Å². The van der Waals surface area contributed by atoms with Gasteiger partial charge in [0.2, 0.25) is 5.91 Å². The number of carbonyl (C=O) groups excluding carboxylic acids is 1. The van der Waals surface area contributed by atoms with Crippen molar-refractivity contribution in [3.8, 4) is 0 Å². The van der Waals surface area contributed by atoms with Gasteiger partial charge in [-0.3, -0.25) is 14.7 Å². The lowest BCUT2D eigenvalue weighted by Gasteiger charge is -2.27. The minimum absolute atomic E-state index is 0.151. The molecule has 1 amide bonds. The normalized spacial score (nSPS) is 23.5. The third-order valence-electron chi connectivity index (χ3n) is 4.32. The standard InChI is InChI=1S/C16H23N3O2/c1-13(20)19-7-3-6-16(19)15-5-2-4-14(17-15)12-18-8-10-21-11-9-18/h2,4-5,16H,3,6-12H2,1H3. The molecule has 114 valence electrons.